The van der Waals surface area contributed by atoms with Crippen LogP contribution < -0.4 is 9.64 Å². The predicted octanol–water partition coefficient (Wildman–Crippen LogP) is 2.61. The smallest absolute Gasteiger partial charge is 0.306 e. The van der Waals surface area contributed by atoms with Crippen molar-refractivity contribution >= 4 is 34.7 Å². The van der Waals surface area contributed by atoms with Crippen molar-refractivity contribution < 1.29 is 23.9 Å². The molecule has 0 saturated carbocycles. The second-order valence-electron chi connectivity index (χ2n) is 6.63. The summed E-state index contributed by atoms with van der Waals surface area (Å²) in [6, 6.07) is 11.3. The number of anilines is 1. The Hall–Kier alpha value is -2.87. The van der Waals surface area contributed by atoms with Crippen LogP contribution in [0.15, 0.2) is 41.8 Å². The van der Waals surface area contributed by atoms with Gasteiger partial charge < -0.3 is 19.3 Å². The number of hydrogen-bond acceptors (Lipinski definition) is 7. The van der Waals surface area contributed by atoms with Crippen LogP contribution in [0.5, 0.6) is 5.75 Å². The van der Waals surface area contributed by atoms with Crippen molar-refractivity contribution in [3.05, 3.63) is 46.7 Å². The molecule has 0 unspecified atom stereocenters. The fourth-order valence-electron chi connectivity index (χ4n) is 3.09. The molecule has 0 N–H and O–H groups in total. The lowest BCUT2D eigenvalue weighted by molar-refractivity contribution is -0.152. The molecular weight excluding hydrogens is 392 g/mol. The van der Waals surface area contributed by atoms with Gasteiger partial charge in [0, 0.05) is 38.3 Å². The van der Waals surface area contributed by atoms with Gasteiger partial charge in [-0.3, -0.25) is 14.4 Å². The Morgan fingerprint density at radius 2 is 1.72 bits per heavy atom. The van der Waals surface area contributed by atoms with E-state index in [2.05, 4.69) is 4.90 Å². The molecule has 1 amide bonds. The molecule has 0 aliphatic carbocycles. The van der Waals surface area contributed by atoms with Gasteiger partial charge in [0.25, 0.3) is 5.91 Å². The minimum Gasteiger partial charge on any atom is -0.497 e. The number of amides is 1. The molecule has 1 fully saturated rings. The van der Waals surface area contributed by atoms with Crippen molar-refractivity contribution in [2.45, 2.75) is 12.8 Å². The molecule has 1 aliphatic heterocycles. The summed E-state index contributed by atoms with van der Waals surface area (Å²) in [5, 5.41) is 1.82. The number of carbonyl (C=O) groups excluding carboxylic acids is 3. The lowest BCUT2D eigenvalue weighted by Crippen LogP contribution is -2.49. The Morgan fingerprint density at radius 1 is 1.00 bits per heavy atom. The zero-order valence-electron chi connectivity index (χ0n) is 16.3. The maximum absolute atomic E-state index is 12.3. The normalized spacial score (nSPS) is 13.8. The fourth-order valence-corrected chi connectivity index (χ4v) is 3.78. The Morgan fingerprint density at radius 3 is 2.34 bits per heavy atom. The third-order valence-electron chi connectivity index (χ3n) is 4.78. The van der Waals surface area contributed by atoms with Crippen molar-refractivity contribution in [1.29, 1.82) is 0 Å². The highest BCUT2D eigenvalue weighted by molar-refractivity contribution is 7.12. The maximum Gasteiger partial charge on any atom is 0.306 e. The number of benzene rings is 1. The van der Waals surface area contributed by atoms with Crippen LogP contribution in [0.3, 0.4) is 0 Å². The van der Waals surface area contributed by atoms with Crippen molar-refractivity contribution in [2.75, 3.05) is 44.8 Å². The first-order chi connectivity index (χ1) is 14.1. The minimum absolute atomic E-state index is 0.0186. The van der Waals surface area contributed by atoms with E-state index in [1.807, 2.05) is 29.6 Å². The lowest BCUT2D eigenvalue weighted by atomic mass is 10.2. The number of methoxy groups -OCH3 is 1. The van der Waals surface area contributed by atoms with E-state index < -0.39 is 5.97 Å². The Kier molecular flexibility index (Phi) is 7.24. The number of rotatable bonds is 8. The van der Waals surface area contributed by atoms with Gasteiger partial charge in [0.15, 0.2) is 12.4 Å². The molecule has 0 spiro atoms. The third-order valence-corrected chi connectivity index (χ3v) is 5.69. The third kappa shape index (κ3) is 5.80. The molecule has 0 bridgehead atoms. The Labute approximate surface area is 173 Å². The van der Waals surface area contributed by atoms with E-state index in [-0.39, 0.29) is 31.1 Å². The van der Waals surface area contributed by atoms with Gasteiger partial charge in [0.1, 0.15) is 5.75 Å². The zero-order valence-corrected chi connectivity index (χ0v) is 17.2. The molecule has 2 heterocycles. The van der Waals surface area contributed by atoms with Gasteiger partial charge in [0.05, 0.1) is 18.4 Å². The van der Waals surface area contributed by atoms with Gasteiger partial charge in [-0.1, -0.05) is 6.07 Å². The van der Waals surface area contributed by atoms with Crippen LogP contribution in [-0.4, -0.2) is 62.5 Å². The van der Waals surface area contributed by atoms with Gasteiger partial charge in [-0.2, -0.15) is 0 Å². The first-order valence-corrected chi connectivity index (χ1v) is 10.3. The van der Waals surface area contributed by atoms with Gasteiger partial charge in [-0.15, -0.1) is 11.3 Å². The van der Waals surface area contributed by atoms with Crippen LogP contribution in [0.4, 0.5) is 5.69 Å². The summed E-state index contributed by atoms with van der Waals surface area (Å²) in [7, 11) is 1.63. The molecule has 0 atom stereocenters. The van der Waals surface area contributed by atoms with E-state index in [0.717, 1.165) is 11.4 Å². The molecule has 29 heavy (non-hydrogen) atoms. The molecule has 0 radical (unpaired) electrons. The highest BCUT2D eigenvalue weighted by atomic mass is 32.1. The molecule has 3 rings (SSSR count). The fraction of sp³-hybridized carbons (Fsp3) is 0.381. The van der Waals surface area contributed by atoms with Crippen molar-refractivity contribution in [2.24, 2.45) is 0 Å². The van der Waals surface area contributed by atoms with Gasteiger partial charge in [-0.25, -0.2) is 0 Å². The highest BCUT2D eigenvalue weighted by Gasteiger charge is 2.22. The van der Waals surface area contributed by atoms with E-state index in [4.69, 9.17) is 9.47 Å². The molecule has 1 aliphatic rings. The monoisotopic (exact) mass is 416 g/mol. The zero-order chi connectivity index (χ0) is 20.6. The van der Waals surface area contributed by atoms with Gasteiger partial charge in [-0.05, 0) is 35.7 Å². The summed E-state index contributed by atoms with van der Waals surface area (Å²) in [5.74, 6) is -0.0168. The van der Waals surface area contributed by atoms with Gasteiger partial charge in [0.2, 0.25) is 0 Å². The number of hydrogen-bond donors (Lipinski definition) is 0. The van der Waals surface area contributed by atoms with E-state index >= 15 is 0 Å². The first kappa shape index (κ1) is 20.9. The molecular formula is C21H24N2O5S. The predicted molar refractivity (Wildman–Crippen MR) is 111 cm³/mol. The average Bonchev–Trinajstić information content (AvgIpc) is 3.31. The SMILES string of the molecule is COc1ccc(N2CCN(C(=O)COC(=O)CCC(=O)c3cccs3)CC2)cc1. The first-order valence-electron chi connectivity index (χ1n) is 9.46. The van der Waals surface area contributed by atoms with E-state index in [1.54, 1.807) is 24.1 Å². The number of nitrogens with zero attached hydrogens (tertiary/aromatic N) is 2. The molecule has 7 nitrogen and oxygen atoms in total. The Bertz CT molecular complexity index is 827. The van der Waals surface area contributed by atoms with Crippen molar-refractivity contribution in [3.8, 4) is 5.75 Å². The maximum atomic E-state index is 12.3. The van der Waals surface area contributed by atoms with E-state index in [9.17, 15) is 14.4 Å². The number of Topliss-reactive ketones (excluding diaryl/α,β-unsaturated/α-hetero) is 1. The van der Waals surface area contributed by atoms with Crippen LogP contribution in [0.1, 0.15) is 22.5 Å². The van der Waals surface area contributed by atoms with Crippen molar-refractivity contribution in [1.82, 2.24) is 4.90 Å². The lowest BCUT2D eigenvalue weighted by Gasteiger charge is -2.36. The number of thiophene rings is 1. The van der Waals surface area contributed by atoms with Crippen LogP contribution >= 0.6 is 11.3 Å². The molecule has 154 valence electrons. The molecule has 8 heteroatoms. The number of ether oxygens (including phenoxy) is 2. The van der Waals surface area contributed by atoms with Crippen molar-refractivity contribution in [3.63, 3.8) is 0 Å². The van der Waals surface area contributed by atoms with Crippen LogP contribution in [0.2, 0.25) is 0 Å². The summed E-state index contributed by atoms with van der Waals surface area (Å²) in [6.07, 6.45) is 0.0728. The summed E-state index contributed by atoms with van der Waals surface area (Å²) in [5.41, 5.74) is 1.08. The van der Waals surface area contributed by atoms with Gasteiger partial charge >= 0.3 is 5.97 Å². The topological polar surface area (TPSA) is 76.2 Å². The molecule has 1 aromatic heterocycles. The molecule has 2 aromatic rings. The second-order valence-corrected chi connectivity index (χ2v) is 7.57. The van der Waals surface area contributed by atoms with E-state index in [1.165, 1.54) is 11.3 Å². The quantitative estimate of drug-likeness (QED) is 0.486. The van der Waals surface area contributed by atoms with Crippen LogP contribution in [-0.2, 0) is 14.3 Å². The Balaban J connectivity index is 1.37. The largest absolute Gasteiger partial charge is 0.497 e. The average molecular weight is 416 g/mol. The standard InChI is InChI=1S/C21H24N2O5S/c1-27-17-6-4-16(5-7-17)22-10-12-23(13-11-22)20(25)15-28-21(26)9-8-18(24)19-3-2-14-29-19/h2-7,14H,8-13,15H2,1H3. The molecule has 1 aromatic carbocycles. The number of carbonyl (C=O) groups is 3. The summed E-state index contributed by atoms with van der Waals surface area (Å²) in [6.45, 7) is 2.27. The minimum atomic E-state index is -0.528. The molecule has 1 saturated heterocycles. The highest BCUT2D eigenvalue weighted by Crippen LogP contribution is 2.20. The summed E-state index contributed by atoms with van der Waals surface area (Å²) >= 11 is 1.35. The number of esters is 1. The second kappa shape index (κ2) is 10.1. The summed E-state index contributed by atoms with van der Waals surface area (Å²) in [4.78, 5) is 40.6. The van der Waals surface area contributed by atoms with Crippen LogP contribution in [0.25, 0.3) is 0 Å². The summed E-state index contributed by atoms with van der Waals surface area (Å²) < 4.78 is 10.2. The number of piperazine rings is 1. The van der Waals surface area contributed by atoms with Crippen LogP contribution in [0, 0.1) is 0 Å². The number of ketones is 1. The van der Waals surface area contributed by atoms with E-state index in [0.29, 0.717) is 31.1 Å².